The molecule has 6 heteroatoms. The summed E-state index contributed by atoms with van der Waals surface area (Å²) >= 11 is 0. The van der Waals surface area contributed by atoms with Gasteiger partial charge in [-0.05, 0) is 44.6 Å². The molecule has 0 saturated heterocycles. The Labute approximate surface area is 301 Å². The van der Waals surface area contributed by atoms with E-state index in [0.717, 1.165) is 38.5 Å². The number of ketones is 1. The van der Waals surface area contributed by atoms with Crippen molar-refractivity contribution in [1.29, 1.82) is 0 Å². The lowest BCUT2D eigenvalue weighted by Crippen LogP contribution is -2.28. The number of aliphatic hydroxyl groups is 1. The average Bonchev–Trinajstić information content (AvgIpc) is 3.10. The van der Waals surface area contributed by atoms with Crippen LogP contribution in [0.25, 0.3) is 0 Å². The van der Waals surface area contributed by atoms with Crippen LogP contribution in [-0.4, -0.2) is 42.1 Å². The molecule has 0 aromatic heterocycles. The summed E-state index contributed by atoms with van der Waals surface area (Å²) in [6.07, 6.45) is 44.5. The third-order valence-electron chi connectivity index (χ3n) is 8.60. The zero-order valence-electron chi connectivity index (χ0n) is 31.7. The molecule has 0 heterocycles. The highest BCUT2D eigenvalue weighted by molar-refractivity contribution is 5.90. The first-order chi connectivity index (χ1) is 24.0. The Balaban J connectivity index is 3.73. The maximum atomic E-state index is 12.2. The van der Waals surface area contributed by atoms with Gasteiger partial charge >= 0.3 is 11.9 Å². The molecule has 0 amide bonds. The summed E-state index contributed by atoms with van der Waals surface area (Å²) in [5, 5.41) is 9.54. The van der Waals surface area contributed by atoms with Crippen LogP contribution >= 0.6 is 0 Å². The number of carbonyl (C=O) groups excluding carboxylic acids is 3. The van der Waals surface area contributed by atoms with Crippen LogP contribution in [-0.2, 0) is 23.9 Å². The molecule has 0 saturated carbocycles. The number of hydrogen-bond donors (Lipinski definition) is 1. The smallest absolute Gasteiger partial charge is 0.306 e. The molecule has 0 fully saturated rings. The van der Waals surface area contributed by atoms with Gasteiger partial charge in [0, 0.05) is 19.3 Å². The van der Waals surface area contributed by atoms with Gasteiger partial charge in [-0.15, -0.1) is 0 Å². The molecule has 0 aliphatic carbocycles. The SMILES string of the molecule is CCCCC/C=C\C/C=C\C/C=C\C=C\C(=O)CCCC(=O)OC[C@H](CO)OC(=O)CCCCCCCCCCCCCCCCCCC. The van der Waals surface area contributed by atoms with E-state index in [1.54, 1.807) is 6.08 Å². The molecule has 0 aromatic rings. The minimum atomic E-state index is -0.861. The van der Waals surface area contributed by atoms with Crippen molar-refractivity contribution in [2.45, 2.75) is 193 Å². The molecule has 1 atom stereocenters. The number of ether oxygens (including phenoxy) is 2. The van der Waals surface area contributed by atoms with Gasteiger partial charge in [0.1, 0.15) is 6.61 Å². The van der Waals surface area contributed by atoms with Crippen molar-refractivity contribution in [2.75, 3.05) is 13.2 Å². The van der Waals surface area contributed by atoms with E-state index in [1.165, 1.54) is 115 Å². The highest BCUT2D eigenvalue weighted by Crippen LogP contribution is 2.15. The number of aliphatic hydroxyl groups excluding tert-OH is 1. The Kier molecular flexibility index (Phi) is 36.4. The fourth-order valence-corrected chi connectivity index (χ4v) is 5.51. The molecule has 49 heavy (non-hydrogen) atoms. The standard InChI is InChI=1S/C43H74O6/c1-3-5-7-9-11-13-15-17-18-19-20-22-24-26-28-30-32-36-43(47)49-41(38-44)39-48-42(46)37-33-35-40(45)34-31-29-27-25-23-21-16-14-12-10-8-6-4-2/h12,14,21,23,27,29,31,34,41,44H,3-11,13,15-20,22,24-26,28,30,32-33,35-39H2,1-2H3/b14-12-,23-21-,29-27-,34-31+/t41-/m0/s1. The van der Waals surface area contributed by atoms with Gasteiger partial charge in [-0.3, -0.25) is 14.4 Å². The van der Waals surface area contributed by atoms with E-state index >= 15 is 0 Å². The van der Waals surface area contributed by atoms with Crippen LogP contribution in [0.4, 0.5) is 0 Å². The first-order valence-corrected chi connectivity index (χ1v) is 20.1. The summed E-state index contributed by atoms with van der Waals surface area (Å²) in [6.45, 7) is 3.90. The largest absolute Gasteiger partial charge is 0.462 e. The normalized spacial score (nSPS) is 12.6. The predicted octanol–water partition coefficient (Wildman–Crippen LogP) is 11.8. The highest BCUT2D eigenvalue weighted by atomic mass is 16.6. The Bertz CT molecular complexity index is 887. The van der Waals surface area contributed by atoms with Crippen molar-refractivity contribution in [3.8, 4) is 0 Å². The van der Waals surface area contributed by atoms with Gasteiger partial charge in [0.15, 0.2) is 11.9 Å². The lowest BCUT2D eigenvalue weighted by atomic mass is 10.0. The first kappa shape index (κ1) is 46.5. The molecule has 0 unspecified atom stereocenters. The summed E-state index contributed by atoms with van der Waals surface area (Å²) in [7, 11) is 0. The Hall–Kier alpha value is -2.47. The predicted molar refractivity (Wildman–Crippen MR) is 205 cm³/mol. The zero-order chi connectivity index (χ0) is 35.9. The monoisotopic (exact) mass is 687 g/mol. The van der Waals surface area contributed by atoms with Gasteiger partial charge in [0.2, 0.25) is 0 Å². The van der Waals surface area contributed by atoms with Gasteiger partial charge in [-0.1, -0.05) is 172 Å². The molecule has 0 rings (SSSR count). The second kappa shape index (κ2) is 38.3. The summed E-state index contributed by atoms with van der Waals surface area (Å²) in [5.74, 6) is -0.890. The van der Waals surface area contributed by atoms with Gasteiger partial charge in [-0.25, -0.2) is 0 Å². The molecule has 1 N–H and O–H groups in total. The fourth-order valence-electron chi connectivity index (χ4n) is 5.51. The first-order valence-electron chi connectivity index (χ1n) is 20.1. The van der Waals surface area contributed by atoms with Crippen molar-refractivity contribution in [2.24, 2.45) is 0 Å². The van der Waals surface area contributed by atoms with E-state index in [2.05, 4.69) is 38.2 Å². The van der Waals surface area contributed by atoms with Gasteiger partial charge < -0.3 is 14.6 Å². The number of carbonyl (C=O) groups is 3. The van der Waals surface area contributed by atoms with Gasteiger partial charge in [-0.2, -0.15) is 0 Å². The molecular formula is C43H74O6. The van der Waals surface area contributed by atoms with Crippen LogP contribution in [0.1, 0.15) is 187 Å². The fraction of sp³-hybridized carbons (Fsp3) is 0.744. The summed E-state index contributed by atoms with van der Waals surface area (Å²) in [6, 6.07) is 0. The molecule has 0 spiro atoms. The molecule has 6 nitrogen and oxygen atoms in total. The molecular weight excluding hydrogens is 612 g/mol. The lowest BCUT2D eigenvalue weighted by molar-refractivity contribution is -0.161. The van der Waals surface area contributed by atoms with Crippen LogP contribution in [0.3, 0.4) is 0 Å². The van der Waals surface area contributed by atoms with Crippen LogP contribution in [0.2, 0.25) is 0 Å². The third-order valence-corrected chi connectivity index (χ3v) is 8.60. The third kappa shape index (κ3) is 36.6. The van der Waals surface area contributed by atoms with E-state index in [-0.39, 0.29) is 31.2 Å². The van der Waals surface area contributed by atoms with Crippen molar-refractivity contribution in [3.63, 3.8) is 0 Å². The maximum Gasteiger partial charge on any atom is 0.306 e. The molecule has 0 radical (unpaired) electrons. The quantitative estimate of drug-likeness (QED) is 0.0232. The van der Waals surface area contributed by atoms with Crippen molar-refractivity contribution >= 4 is 17.7 Å². The van der Waals surface area contributed by atoms with Crippen molar-refractivity contribution in [3.05, 3.63) is 48.6 Å². The second-order valence-corrected chi connectivity index (χ2v) is 13.4. The van der Waals surface area contributed by atoms with E-state index in [9.17, 15) is 19.5 Å². The van der Waals surface area contributed by atoms with E-state index in [1.807, 2.05) is 12.2 Å². The van der Waals surface area contributed by atoms with E-state index in [0.29, 0.717) is 12.8 Å². The van der Waals surface area contributed by atoms with E-state index in [4.69, 9.17) is 9.47 Å². The van der Waals surface area contributed by atoms with Crippen molar-refractivity contribution < 1.29 is 29.0 Å². The zero-order valence-corrected chi connectivity index (χ0v) is 31.7. The molecule has 0 aliphatic rings. The number of allylic oxidation sites excluding steroid dienone is 8. The van der Waals surface area contributed by atoms with Crippen LogP contribution in [0.15, 0.2) is 48.6 Å². The number of esters is 2. The Morgan fingerprint density at radius 2 is 1.02 bits per heavy atom. The highest BCUT2D eigenvalue weighted by Gasteiger charge is 2.16. The summed E-state index contributed by atoms with van der Waals surface area (Å²) < 4.78 is 10.5. The Morgan fingerprint density at radius 1 is 0.531 bits per heavy atom. The molecule has 282 valence electrons. The summed E-state index contributed by atoms with van der Waals surface area (Å²) in [5.41, 5.74) is 0. The summed E-state index contributed by atoms with van der Waals surface area (Å²) in [4.78, 5) is 36.3. The number of unbranched alkanes of at least 4 members (excludes halogenated alkanes) is 19. The minimum Gasteiger partial charge on any atom is -0.462 e. The number of hydrogen-bond acceptors (Lipinski definition) is 6. The van der Waals surface area contributed by atoms with E-state index < -0.39 is 18.7 Å². The maximum absolute atomic E-state index is 12.2. The second-order valence-electron chi connectivity index (χ2n) is 13.4. The topological polar surface area (TPSA) is 89.9 Å². The van der Waals surface area contributed by atoms with Crippen LogP contribution in [0, 0.1) is 0 Å². The molecule has 0 aromatic carbocycles. The van der Waals surface area contributed by atoms with Crippen LogP contribution in [0.5, 0.6) is 0 Å². The van der Waals surface area contributed by atoms with Crippen molar-refractivity contribution in [1.82, 2.24) is 0 Å². The Morgan fingerprint density at radius 3 is 1.59 bits per heavy atom. The molecule has 0 bridgehead atoms. The molecule has 0 aliphatic heterocycles. The van der Waals surface area contributed by atoms with Gasteiger partial charge in [0.05, 0.1) is 6.61 Å². The number of rotatable bonds is 36. The van der Waals surface area contributed by atoms with Crippen LogP contribution < -0.4 is 0 Å². The lowest BCUT2D eigenvalue weighted by Gasteiger charge is -2.15. The van der Waals surface area contributed by atoms with Gasteiger partial charge in [0.25, 0.3) is 0 Å². The minimum absolute atomic E-state index is 0.0484. The average molecular weight is 687 g/mol.